The Balaban J connectivity index is 2.06. The molecule has 0 aliphatic rings. The van der Waals surface area contributed by atoms with E-state index in [0.717, 1.165) is 33.3 Å². The molecule has 0 radical (unpaired) electrons. The number of fused-ring (bicyclic) bond motifs is 5. The first-order valence-electron chi connectivity index (χ1n) is 7.77. The number of imidazole rings is 1. The highest BCUT2D eigenvalue weighted by Crippen LogP contribution is 2.36. The third-order valence-electron chi connectivity index (χ3n) is 4.30. The fraction of sp³-hybridized carbons (Fsp3) is 0. The van der Waals surface area contributed by atoms with Crippen LogP contribution in [-0.4, -0.2) is 19.5 Å². The molecule has 3 heterocycles. The molecule has 24 heavy (non-hydrogen) atoms. The van der Waals surface area contributed by atoms with Crippen LogP contribution in [0, 0.1) is 0 Å². The predicted octanol–water partition coefficient (Wildman–Crippen LogP) is 4.41. The van der Waals surface area contributed by atoms with E-state index >= 15 is 0 Å². The summed E-state index contributed by atoms with van der Waals surface area (Å²) in [5.41, 5.74) is 4.98. The molecule has 5 aromatic rings. The second-order valence-electron chi connectivity index (χ2n) is 5.73. The summed E-state index contributed by atoms with van der Waals surface area (Å²) < 4.78 is 2.02. The van der Waals surface area contributed by atoms with Gasteiger partial charge in [0.25, 0.3) is 0 Å². The van der Waals surface area contributed by atoms with Gasteiger partial charge in [0, 0.05) is 17.1 Å². The maximum Gasteiger partial charge on any atom is 0.137 e. The molecular weight excluding hydrogens is 298 g/mol. The molecule has 0 aliphatic heterocycles. The van der Waals surface area contributed by atoms with Gasteiger partial charge in [0.2, 0.25) is 0 Å². The molecule has 2 aromatic carbocycles. The van der Waals surface area contributed by atoms with Crippen LogP contribution in [0.15, 0.2) is 72.9 Å². The summed E-state index contributed by atoms with van der Waals surface area (Å²) in [7, 11) is 0. The zero-order chi connectivity index (χ0) is 16.1. The molecule has 3 aromatic heterocycles. The molecular formula is C20H13N3O. The maximum atomic E-state index is 10.3. The molecule has 0 saturated heterocycles. The first-order valence-corrected chi connectivity index (χ1v) is 7.77. The normalized spacial score (nSPS) is 11.5. The first kappa shape index (κ1) is 13.1. The Hall–Kier alpha value is -3.40. The molecule has 0 amide bonds. The van der Waals surface area contributed by atoms with Crippen molar-refractivity contribution in [2.45, 2.75) is 0 Å². The highest BCUT2D eigenvalue weighted by molar-refractivity contribution is 6.09. The minimum atomic E-state index is 0.215. The zero-order valence-electron chi connectivity index (χ0n) is 12.7. The Kier molecular flexibility index (Phi) is 2.61. The van der Waals surface area contributed by atoms with Crippen molar-refractivity contribution in [3.8, 4) is 17.0 Å². The second kappa shape index (κ2) is 4.80. The lowest BCUT2D eigenvalue weighted by atomic mass is 10.1. The average molecular weight is 311 g/mol. The minimum absolute atomic E-state index is 0.215. The molecule has 4 heteroatoms. The van der Waals surface area contributed by atoms with Crippen molar-refractivity contribution in [3.63, 3.8) is 0 Å². The Labute approximate surface area is 137 Å². The second-order valence-corrected chi connectivity index (χ2v) is 5.73. The summed E-state index contributed by atoms with van der Waals surface area (Å²) in [5.74, 6) is 0.215. The number of aromatic nitrogens is 3. The van der Waals surface area contributed by atoms with Crippen LogP contribution in [-0.2, 0) is 0 Å². The summed E-state index contributed by atoms with van der Waals surface area (Å²) in [6, 6.07) is 21.2. The smallest absolute Gasteiger partial charge is 0.137 e. The summed E-state index contributed by atoms with van der Waals surface area (Å²) in [6.45, 7) is 0. The van der Waals surface area contributed by atoms with Crippen molar-refractivity contribution in [1.82, 2.24) is 14.4 Å². The van der Waals surface area contributed by atoms with Crippen molar-refractivity contribution in [1.29, 1.82) is 0 Å². The first-order chi connectivity index (χ1) is 11.8. The monoisotopic (exact) mass is 311 g/mol. The highest BCUT2D eigenvalue weighted by Gasteiger charge is 2.17. The van der Waals surface area contributed by atoms with Gasteiger partial charge in [-0.1, -0.05) is 36.4 Å². The summed E-state index contributed by atoms with van der Waals surface area (Å²) in [5, 5.41) is 11.3. The molecule has 0 fully saturated rings. The number of rotatable bonds is 1. The van der Waals surface area contributed by atoms with Crippen LogP contribution in [0.25, 0.3) is 38.8 Å². The van der Waals surface area contributed by atoms with Gasteiger partial charge in [0.05, 0.1) is 5.52 Å². The quantitative estimate of drug-likeness (QED) is 0.499. The maximum absolute atomic E-state index is 10.3. The van der Waals surface area contributed by atoms with Gasteiger partial charge >= 0.3 is 0 Å². The van der Waals surface area contributed by atoms with Crippen LogP contribution >= 0.6 is 0 Å². The zero-order valence-corrected chi connectivity index (χ0v) is 12.7. The molecule has 5 rings (SSSR count). The number of hydrogen-bond donors (Lipinski definition) is 1. The lowest BCUT2D eigenvalue weighted by Gasteiger charge is -2.08. The summed E-state index contributed by atoms with van der Waals surface area (Å²) in [6.07, 6.45) is 1.98. The van der Waals surface area contributed by atoms with Gasteiger partial charge < -0.3 is 5.11 Å². The van der Waals surface area contributed by atoms with E-state index in [1.54, 1.807) is 6.07 Å². The molecule has 0 spiro atoms. The van der Waals surface area contributed by atoms with E-state index in [4.69, 9.17) is 9.97 Å². The van der Waals surface area contributed by atoms with Crippen LogP contribution in [0.5, 0.6) is 5.75 Å². The number of nitrogens with zero attached hydrogens (tertiary/aromatic N) is 3. The number of para-hydroxylation sites is 2. The van der Waals surface area contributed by atoms with Crippen LogP contribution in [0.4, 0.5) is 0 Å². The van der Waals surface area contributed by atoms with Crippen molar-refractivity contribution in [3.05, 3.63) is 72.9 Å². The largest absolute Gasteiger partial charge is 0.507 e. The van der Waals surface area contributed by atoms with Gasteiger partial charge in [0.15, 0.2) is 0 Å². The SMILES string of the molecule is Oc1ccccc1-c1nc2ccccc2c2nc3ccccn3c12. The van der Waals surface area contributed by atoms with E-state index < -0.39 is 0 Å². The molecule has 0 saturated carbocycles. The van der Waals surface area contributed by atoms with Crippen molar-refractivity contribution >= 4 is 27.6 Å². The Morgan fingerprint density at radius 2 is 1.58 bits per heavy atom. The van der Waals surface area contributed by atoms with Gasteiger partial charge in [-0.15, -0.1) is 0 Å². The van der Waals surface area contributed by atoms with E-state index in [1.807, 2.05) is 71.3 Å². The molecule has 4 nitrogen and oxygen atoms in total. The third-order valence-corrected chi connectivity index (χ3v) is 4.30. The highest BCUT2D eigenvalue weighted by atomic mass is 16.3. The van der Waals surface area contributed by atoms with Gasteiger partial charge in [-0.05, 0) is 30.3 Å². The topological polar surface area (TPSA) is 50.4 Å². The van der Waals surface area contributed by atoms with Gasteiger partial charge in [-0.25, -0.2) is 9.97 Å². The molecule has 114 valence electrons. The lowest BCUT2D eigenvalue weighted by molar-refractivity contribution is 0.477. The summed E-state index contributed by atoms with van der Waals surface area (Å²) >= 11 is 0. The third kappa shape index (κ3) is 1.74. The van der Waals surface area contributed by atoms with E-state index in [9.17, 15) is 5.11 Å². The van der Waals surface area contributed by atoms with E-state index in [0.29, 0.717) is 5.56 Å². The molecule has 0 unspecified atom stereocenters. The minimum Gasteiger partial charge on any atom is -0.507 e. The number of pyridine rings is 2. The fourth-order valence-electron chi connectivity index (χ4n) is 3.22. The van der Waals surface area contributed by atoms with Crippen molar-refractivity contribution in [2.75, 3.05) is 0 Å². The van der Waals surface area contributed by atoms with Gasteiger partial charge in [-0.3, -0.25) is 4.40 Å². The standard InChI is InChI=1S/C20H13N3O/c24-16-10-4-2-8-14(16)19-20-18(13-7-1-3-9-15(13)21-19)22-17-11-5-6-12-23(17)20/h1-12,24H. The van der Waals surface area contributed by atoms with Gasteiger partial charge in [-0.2, -0.15) is 0 Å². The van der Waals surface area contributed by atoms with Crippen LogP contribution in [0.1, 0.15) is 0 Å². The number of phenolic OH excluding ortho intramolecular Hbond substituents is 1. The molecule has 0 bridgehead atoms. The number of aromatic hydroxyl groups is 1. The van der Waals surface area contributed by atoms with Crippen LogP contribution in [0.2, 0.25) is 0 Å². The predicted molar refractivity (Wildman–Crippen MR) is 95.1 cm³/mol. The summed E-state index contributed by atoms with van der Waals surface area (Å²) in [4.78, 5) is 9.64. The van der Waals surface area contributed by atoms with Crippen LogP contribution < -0.4 is 0 Å². The molecule has 0 aliphatic carbocycles. The molecule has 0 atom stereocenters. The fourth-order valence-corrected chi connectivity index (χ4v) is 3.22. The van der Waals surface area contributed by atoms with Crippen LogP contribution in [0.3, 0.4) is 0 Å². The number of hydrogen-bond acceptors (Lipinski definition) is 3. The Bertz CT molecular complexity index is 1220. The Morgan fingerprint density at radius 1 is 0.792 bits per heavy atom. The average Bonchev–Trinajstić information content (AvgIpc) is 3.01. The van der Waals surface area contributed by atoms with Gasteiger partial charge in [0.1, 0.15) is 28.1 Å². The van der Waals surface area contributed by atoms with Crippen molar-refractivity contribution in [2.24, 2.45) is 0 Å². The number of benzene rings is 2. The molecule has 1 N–H and O–H groups in total. The van der Waals surface area contributed by atoms with E-state index in [1.165, 1.54) is 0 Å². The van der Waals surface area contributed by atoms with E-state index in [-0.39, 0.29) is 5.75 Å². The van der Waals surface area contributed by atoms with Crippen molar-refractivity contribution < 1.29 is 5.11 Å². The van der Waals surface area contributed by atoms with E-state index in [2.05, 4.69) is 0 Å². The lowest BCUT2D eigenvalue weighted by Crippen LogP contribution is -1.92. The number of phenols is 1. The Morgan fingerprint density at radius 3 is 2.50 bits per heavy atom.